The van der Waals surface area contributed by atoms with Gasteiger partial charge in [0.25, 0.3) is 5.91 Å². The van der Waals surface area contributed by atoms with Crippen molar-refractivity contribution in [2.24, 2.45) is 0 Å². The SMILES string of the molecule is CC1CN(C(=O)c2cc(Cl)ccc2F)CCCO1. The van der Waals surface area contributed by atoms with Crippen molar-refractivity contribution in [3.05, 3.63) is 34.6 Å². The molecule has 0 bridgehead atoms. The van der Waals surface area contributed by atoms with Crippen LogP contribution in [-0.2, 0) is 4.74 Å². The molecular formula is C13H15ClFNO2. The van der Waals surface area contributed by atoms with Crippen LogP contribution in [0.4, 0.5) is 4.39 Å². The number of hydrogen-bond donors (Lipinski definition) is 0. The van der Waals surface area contributed by atoms with Crippen molar-refractivity contribution in [3.63, 3.8) is 0 Å². The van der Waals surface area contributed by atoms with E-state index in [9.17, 15) is 9.18 Å². The minimum atomic E-state index is -0.540. The molecule has 1 aliphatic heterocycles. The minimum Gasteiger partial charge on any atom is -0.377 e. The van der Waals surface area contributed by atoms with E-state index in [1.54, 1.807) is 4.90 Å². The molecule has 1 aromatic rings. The van der Waals surface area contributed by atoms with Gasteiger partial charge in [0, 0.05) is 24.7 Å². The second-order valence-corrected chi connectivity index (χ2v) is 4.85. The third-order valence-electron chi connectivity index (χ3n) is 2.90. The Bertz CT molecular complexity index is 453. The van der Waals surface area contributed by atoms with Gasteiger partial charge >= 0.3 is 0 Å². The summed E-state index contributed by atoms with van der Waals surface area (Å²) in [5, 5.41) is 0.360. The van der Waals surface area contributed by atoms with Gasteiger partial charge in [0.05, 0.1) is 11.7 Å². The van der Waals surface area contributed by atoms with Crippen molar-refractivity contribution in [2.45, 2.75) is 19.4 Å². The van der Waals surface area contributed by atoms with Gasteiger partial charge in [-0.15, -0.1) is 0 Å². The molecule has 18 heavy (non-hydrogen) atoms. The van der Waals surface area contributed by atoms with Crippen LogP contribution in [0.3, 0.4) is 0 Å². The van der Waals surface area contributed by atoms with Crippen molar-refractivity contribution in [1.82, 2.24) is 4.90 Å². The van der Waals surface area contributed by atoms with Gasteiger partial charge in [0.15, 0.2) is 0 Å². The number of nitrogens with zero attached hydrogens (tertiary/aromatic N) is 1. The van der Waals surface area contributed by atoms with Crippen molar-refractivity contribution in [3.8, 4) is 0 Å². The number of ether oxygens (including phenoxy) is 1. The van der Waals surface area contributed by atoms with Crippen LogP contribution in [0.15, 0.2) is 18.2 Å². The van der Waals surface area contributed by atoms with E-state index in [0.29, 0.717) is 24.7 Å². The largest absolute Gasteiger partial charge is 0.377 e. The van der Waals surface area contributed by atoms with Crippen LogP contribution in [0.1, 0.15) is 23.7 Å². The van der Waals surface area contributed by atoms with E-state index in [1.165, 1.54) is 18.2 Å². The summed E-state index contributed by atoms with van der Waals surface area (Å²) in [6, 6.07) is 4.02. The van der Waals surface area contributed by atoms with E-state index in [1.807, 2.05) is 6.92 Å². The Morgan fingerprint density at radius 2 is 2.33 bits per heavy atom. The van der Waals surface area contributed by atoms with E-state index in [4.69, 9.17) is 16.3 Å². The molecule has 1 fully saturated rings. The number of halogens is 2. The molecule has 1 aliphatic rings. The summed E-state index contributed by atoms with van der Waals surface area (Å²) >= 11 is 5.80. The average molecular weight is 272 g/mol. The number of hydrogen-bond acceptors (Lipinski definition) is 2. The zero-order chi connectivity index (χ0) is 13.1. The van der Waals surface area contributed by atoms with Crippen LogP contribution >= 0.6 is 11.6 Å². The van der Waals surface area contributed by atoms with Gasteiger partial charge in [-0.2, -0.15) is 0 Å². The molecule has 0 N–H and O–H groups in total. The molecule has 98 valence electrons. The second kappa shape index (κ2) is 5.67. The highest BCUT2D eigenvalue weighted by Gasteiger charge is 2.23. The van der Waals surface area contributed by atoms with E-state index in [0.717, 1.165) is 6.42 Å². The summed E-state index contributed by atoms with van der Waals surface area (Å²) in [4.78, 5) is 13.9. The Balaban J connectivity index is 2.21. The van der Waals surface area contributed by atoms with Crippen LogP contribution in [0.5, 0.6) is 0 Å². The van der Waals surface area contributed by atoms with Crippen LogP contribution in [0.2, 0.25) is 5.02 Å². The van der Waals surface area contributed by atoms with Gasteiger partial charge in [0.1, 0.15) is 5.82 Å². The molecule has 2 rings (SSSR count). The molecule has 0 saturated carbocycles. The fourth-order valence-corrected chi connectivity index (χ4v) is 2.18. The highest BCUT2D eigenvalue weighted by molar-refractivity contribution is 6.31. The fourth-order valence-electron chi connectivity index (χ4n) is 2.01. The van der Waals surface area contributed by atoms with E-state index in [2.05, 4.69) is 0 Å². The smallest absolute Gasteiger partial charge is 0.256 e. The molecule has 5 heteroatoms. The third kappa shape index (κ3) is 3.00. The minimum absolute atomic E-state index is 0.0246. The van der Waals surface area contributed by atoms with Crippen LogP contribution in [0.25, 0.3) is 0 Å². The van der Waals surface area contributed by atoms with Gasteiger partial charge in [0.2, 0.25) is 0 Å². The van der Waals surface area contributed by atoms with Crippen LogP contribution in [-0.4, -0.2) is 36.6 Å². The predicted molar refractivity (Wildman–Crippen MR) is 67.3 cm³/mol. The third-order valence-corrected chi connectivity index (χ3v) is 3.13. The van der Waals surface area contributed by atoms with E-state index >= 15 is 0 Å². The molecule has 1 aromatic carbocycles. The summed E-state index contributed by atoms with van der Waals surface area (Å²) in [6.07, 6.45) is 0.733. The highest BCUT2D eigenvalue weighted by atomic mass is 35.5. The average Bonchev–Trinajstić information content (AvgIpc) is 2.56. The molecule has 1 atom stereocenters. The normalized spacial score (nSPS) is 20.6. The lowest BCUT2D eigenvalue weighted by Crippen LogP contribution is -2.36. The molecule has 0 aliphatic carbocycles. The van der Waals surface area contributed by atoms with Crippen LogP contribution < -0.4 is 0 Å². The highest BCUT2D eigenvalue weighted by Crippen LogP contribution is 2.18. The topological polar surface area (TPSA) is 29.5 Å². The van der Waals surface area contributed by atoms with Crippen molar-refractivity contribution >= 4 is 17.5 Å². The number of carbonyl (C=O) groups excluding carboxylic acids is 1. The zero-order valence-electron chi connectivity index (χ0n) is 10.2. The first-order chi connectivity index (χ1) is 8.58. The van der Waals surface area contributed by atoms with Crippen molar-refractivity contribution in [2.75, 3.05) is 19.7 Å². The lowest BCUT2D eigenvalue weighted by atomic mass is 10.1. The maximum Gasteiger partial charge on any atom is 0.256 e. The number of amides is 1. The molecule has 0 radical (unpaired) electrons. The Kier molecular flexibility index (Phi) is 4.19. The standard InChI is InChI=1S/C13H15ClFNO2/c1-9-8-16(5-2-6-18-9)13(17)11-7-10(14)3-4-12(11)15/h3-4,7,9H,2,5-6,8H2,1H3. The van der Waals surface area contributed by atoms with Gasteiger partial charge in [-0.05, 0) is 31.5 Å². The van der Waals surface area contributed by atoms with E-state index in [-0.39, 0.29) is 17.6 Å². The molecule has 1 saturated heterocycles. The first kappa shape index (κ1) is 13.3. The summed E-state index contributed by atoms with van der Waals surface area (Å²) in [5.41, 5.74) is 0.0246. The summed E-state index contributed by atoms with van der Waals surface area (Å²) in [6.45, 7) is 3.59. The van der Waals surface area contributed by atoms with Crippen molar-refractivity contribution < 1.29 is 13.9 Å². The Hall–Kier alpha value is -1.13. The second-order valence-electron chi connectivity index (χ2n) is 4.41. The maximum absolute atomic E-state index is 13.6. The molecule has 0 spiro atoms. The molecule has 3 nitrogen and oxygen atoms in total. The predicted octanol–water partition coefficient (Wildman–Crippen LogP) is 2.73. The quantitative estimate of drug-likeness (QED) is 0.786. The summed E-state index contributed by atoms with van der Waals surface area (Å²) < 4.78 is 19.1. The number of carbonyl (C=O) groups is 1. The fraction of sp³-hybridized carbons (Fsp3) is 0.462. The molecular weight excluding hydrogens is 257 g/mol. The Labute approximate surface area is 110 Å². The van der Waals surface area contributed by atoms with Gasteiger partial charge in [-0.3, -0.25) is 4.79 Å². The maximum atomic E-state index is 13.6. The van der Waals surface area contributed by atoms with Gasteiger partial charge < -0.3 is 9.64 Å². The lowest BCUT2D eigenvalue weighted by molar-refractivity contribution is 0.0560. The first-order valence-electron chi connectivity index (χ1n) is 5.94. The number of rotatable bonds is 1. The van der Waals surface area contributed by atoms with Crippen molar-refractivity contribution in [1.29, 1.82) is 0 Å². The molecule has 1 amide bonds. The molecule has 1 heterocycles. The van der Waals surface area contributed by atoms with E-state index < -0.39 is 5.82 Å². The lowest BCUT2D eigenvalue weighted by Gasteiger charge is -2.22. The van der Waals surface area contributed by atoms with Gasteiger partial charge in [-0.1, -0.05) is 11.6 Å². The zero-order valence-corrected chi connectivity index (χ0v) is 10.9. The van der Waals surface area contributed by atoms with Crippen LogP contribution in [0, 0.1) is 5.82 Å². The molecule has 1 unspecified atom stereocenters. The molecule has 0 aromatic heterocycles. The number of benzene rings is 1. The Morgan fingerprint density at radius 1 is 1.56 bits per heavy atom. The summed E-state index contributed by atoms with van der Waals surface area (Å²) in [7, 11) is 0. The monoisotopic (exact) mass is 271 g/mol. The Morgan fingerprint density at radius 3 is 3.11 bits per heavy atom. The summed E-state index contributed by atoms with van der Waals surface area (Å²) in [5.74, 6) is -0.866. The first-order valence-corrected chi connectivity index (χ1v) is 6.31. The van der Waals surface area contributed by atoms with Gasteiger partial charge in [-0.25, -0.2) is 4.39 Å².